The van der Waals surface area contributed by atoms with Crippen molar-refractivity contribution in [3.05, 3.63) is 33.4 Å². The molecular formula is C12H12F3IO2. The van der Waals surface area contributed by atoms with Gasteiger partial charge in [-0.05, 0) is 40.3 Å². The summed E-state index contributed by atoms with van der Waals surface area (Å²) in [5.41, 5.74) is 0.417. The number of benzene rings is 1. The van der Waals surface area contributed by atoms with Crippen LogP contribution in [-0.2, 0) is 4.79 Å². The van der Waals surface area contributed by atoms with Crippen molar-refractivity contribution >= 4 is 28.4 Å². The van der Waals surface area contributed by atoms with E-state index in [0.717, 1.165) is 3.57 Å². The molecule has 0 heterocycles. The molecule has 18 heavy (non-hydrogen) atoms. The van der Waals surface area contributed by atoms with E-state index in [9.17, 15) is 23.1 Å². The summed E-state index contributed by atoms with van der Waals surface area (Å²) in [4.78, 5) is 10.9. The Morgan fingerprint density at radius 1 is 1.28 bits per heavy atom. The Kier molecular flexibility index (Phi) is 6.07. The number of halogens is 4. The third-order valence-corrected chi connectivity index (χ3v) is 3.28. The maximum absolute atomic E-state index is 12.7. The molecule has 0 saturated heterocycles. The summed E-state index contributed by atoms with van der Waals surface area (Å²) in [6.45, 7) is -1.02. The van der Waals surface area contributed by atoms with Crippen molar-refractivity contribution in [2.24, 2.45) is 5.92 Å². The van der Waals surface area contributed by atoms with Crippen molar-refractivity contribution in [3.8, 4) is 0 Å². The van der Waals surface area contributed by atoms with Crippen LogP contribution in [-0.4, -0.2) is 24.0 Å². The number of aliphatic hydroxyl groups excluding tert-OH is 1. The number of aliphatic hydroxyl groups is 1. The molecule has 0 spiro atoms. The number of carbonyl (C=O) groups excluding carboxylic acids is 1. The smallest absolute Gasteiger partial charge is 0.295 e. The highest BCUT2D eigenvalue weighted by Crippen LogP contribution is 2.26. The summed E-state index contributed by atoms with van der Waals surface area (Å²) in [6, 6.07) is 6.59. The maximum Gasteiger partial charge on any atom is 0.295 e. The maximum atomic E-state index is 12.7. The van der Waals surface area contributed by atoms with E-state index in [4.69, 9.17) is 0 Å². The lowest BCUT2D eigenvalue weighted by molar-refractivity contribution is -0.131. The van der Waals surface area contributed by atoms with Gasteiger partial charge < -0.3 is 5.11 Å². The number of ketones is 1. The summed E-state index contributed by atoms with van der Waals surface area (Å²) >= 11 is 2.07. The fourth-order valence-electron chi connectivity index (χ4n) is 1.53. The number of hydrogen-bond acceptors (Lipinski definition) is 2. The van der Waals surface area contributed by atoms with Gasteiger partial charge in [0.05, 0.1) is 12.8 Å². The molecule has 1 aromatic rings. The quantitative estimate of drug-likeness (QED) is 0.780. The summed E-state index contributed by atoms with van der Waals surface area (Å²) in [7, 11) is 0. The Hall–Kier alpha value is -0.630. The van der Waals surface area contributed by atoms with Gasteiger partial charge >= 0.3 is 0 Å². The molecule has 0 radical (unpaired) electrons. The van der Waals surface area contributed by atoms with Crippen LogP contribution in [0.2, 0.25) is 0 Å². The van der Waals surface area contributed by atoms with Gasteiger partial charge in [0, 0.05) is 15.9 Å². The van der Waals surface area contributed by atoms with Gasteiger partial charge in [0.1, 0.15) is 0 Å². The lowest BCUT2D eigenvalue weighted by Gasteiger charge is -2.19. The Morgan fingerprint density at radius 2 is 1.83 bits per heavy atom. The van der Waals surface area contributed by atoms with Gasteiger partial charge in [0.15, 0.2) is 5.78 Å². The van der Waals surface area contributed by atoms with Gasteiger partial charge in [-0.1, -0.05) is 12.1 Å². The second kappa shape index (κ2) is 7.08. The zero-order valence-electron chi connectivity index (χ0n) is 9.32. The minimum atomic E-state index is -3.12. The zero-order chi connectivity index (χ0) is 13.7. The van der Waals surface area contributed by atoms with Crippen LogP contribution in [0.3, 0.4) is 0 Å². The first-order valence-corrected chi connectivity index (χ1v) is 6.34. The van der Waals surface area contributed by atoms with Crippen molar-refractivity contribution < 1.29 is 23.1 Å². The highest BCUT2D eigenvalue weighted by Gasteiger charge is 2.27. The first-order chi connectivity index (χ1) is 8.45. The number of rotatable bonds is 6. The molecule has 0 unspecified atom stereocenters. The van der Waals surface area contributed by atoms with Crippen LogP contribution < -0.4 is 0 Å². The van der Waals surface area contributed by atoms with Gasteiger partial charge in [0.2, 0.25) is 0 Å². The standard InChI is InChI=1S/C12H12F3IO2/c13-6-8(5-10(17)12(14)15)11(18)7-1-3-9(16)4-2-7/h1-4,8,11-12,18H,5-6H2/t8-,11-/m1/s1. The van der Waals surface area contributed by atoms with Crippen LogP contribution in [0.25, 0.3) is 0 Å². The van der Waals surface area contributed by atoms with Gasteiger partial charge in [-0.25, -0.2) is 8.78 Å². The Morgan fingerprint density at radius 3 is 2.28 bits per heavy atom. The van der Waals surface area contributed by atoms with Crippen LogP contribution in [0.5, 0.6) is 0 Å². The highest BCUT2D eigenvalue weighted by molar-refractivity contribution is 14.1. The summed E-state index contributed by atoms with van der Waals surface area (Å²) in [6.07, 6.45) is -5.04. The molecule has 0 saturated carbocycles. The largest absolute Gasteiger partial charge is 0.388 e. The molecular weight excluding hydrogens is 360 g/mol. The first kappa shape index (κ1) is 15.4. The van der Waals surface area contributed by atoms with Crippen molar-refractivity contribution in [3.63, 3.8) is 0 Å². The van der Waals surface area contributed by atoms with Crippen LogP contribution in [0.4, 0.5) is 13.2 Å². The highest BCUT2D eigenvalue weighted by atomic mass is 127. The van der Waals surface area contributed by atoms with E-state index in [-0.39, 0.29) is 0 Å². The second-order valence-corrected chi connectivity index (χ2v) is 5.13. The van der Waals surface area contributed by atoms with E-state index < -0.39 is 37.3 Å². The van der Waals surface area contributed by atoms with Crippen LogP contribution >= 0.6 is 22.6 Å². The van der Waals surface area contributed by atoms with E-state index in [2.05, 4.69) is 22.6 Å². The predicted octanol–water partition coefficient (Wildman–Crippen LogP) is 3.13. The molecule has 1 N–H and O–H groups in total. The molecule has 0 aliphatic carbocycles. The molecule has 0 amide bonds. The van der Waals surface area contributed by atoms with Crippen LogP contribution in [0.15, 0.2) is 24.3 Å². The fourth-order valence-corrected chi connectivity index (χ4v) is 1.89. The molecule has 0 fully saturated rings. The molecule has 0 aliphatic heterocycles. The molecule has 2 atom stereocenters. The van der Waals surface area contributed by atoms with Crippen molar-refractivity contribution in [2.45, 2.75) is 19.0 Å². The number of Topliss-reactive ketones (excluding diaryl/α,β-unsaturated/α-hetero) is 1. The van der Waals surface area contributed by atoms with E-state index in [1.54, 1.807) is 24.3 Å². The predicted molar refractivity (Wildman–Crippen MR) is 69.2 cm³/mol. The normalized spacial score (nSPS) is 14.6. The molecule has 0 aliphatic rings. The van der Waals surface area contributed by atoms with E-state index in [0.29, 0.717) is 5.56 Å². The van der Waals surface area contributed by atoms with E-state index in [1.807, 2.05) is 0 Å². The lowest BCUT2D eigenvalue weighted by atomic mass is 9.92. The Labute approximate surface area is 116 Å². The zero-order valence-corrected chi connectivity index (χ0v) is 11.5. The van der Waals surface area contributed by atoms with Gasteiger partial charge in [0.25, 0.3) is 6.43 Å². The monoisotopic (exact) mass is 372 g/mol. The molecule has 6 heteroatoms. The molecule has 1 aromatic carbocycles. The van der Waals surface area contributed by atoms with Gasteiger partial charge in [-0.15, -0.1) is 0 Å². The SMILES string of the molecule is O=C(C[C@H](CF)[C@H](O)c1ccc(I)cc1)C(F)F. The molecule has 2 nitrogen and oxygen atoms in total. The average molecular weight is 372 g/mol. The van der Waals surface area contributed by atoms with Gasteiger partial charge in [-0.2, -0.15) is 0 Å². The number of hydrogen-bond donors (Lipinski definition) is 1. The first-order valence-electron chi connectivity index (χ1n) is 5.26. The van der Waals surface area contributed by atoms with Crippen molar-refractivity contribution in [1.29, 1.82) is 0 Å². The summed E-state index contributed by atoms with van der Waals surface area (Å²) in [5.74, 6) is -2.48. The van der Waals surface area contributed by atoms with Crippen LogP contribution in [0, 0.1) is 9.49 Å². The van der Waals surface area contributed by atoms with Crippen LogP contribution in [0.1, 0.15) is 18.1 Å². The van der Waals surface area contributed by atoms with Crippen molar-refractivity contribution in [2.75, 3.05) is 6.67 Å². The lowest BCUT2D eigenvalue weighted by Crippen LogP contribution is -2.22. The van der Waals surface area contributed by atoms with Crippen molar-refractivity contribution in [1.82, 2.24) is 0 Å². The van der Waals surface area contributed by atoms with E-state index in [1.165, 1.54) is 0 Å². The Balaban J connectivity index is 2.75. The second-order valence-electron chi connectivity index (χ2n) is 3.88. The Bertz CT molecular complexity index is 395. The molecule has 1 rings (SSSR count). The topological polar surface area (TPSA) is 37.3 Å². The van der Waals surface area contributed by atoms with Gasteiger partial charge in [-0.3, -0.25) is 9.18 Å². The average Bonchev–Trinajstić information content (AvgIpc) is 2.35. The molecule has 100 valence electrons. The minimum absolute atomic E-state index is 0.417. The third kappa shape index (κ3) is 4.24. The fraction of sp³-hybridized carbons (Fsp3) is 0.417. The third-order valence-electron chi connectivity index (χ3n) is 2.56. The molecule has 0 bridgehead atoms. The number of alkyl halides is 3. The summed E-state index contributed by atoms with van der Waals surface area (Å²) in [5, 5.41) is 9.86. The van der Waals surface area contributed by atoms with E-state index >= 15 is 0 Å². The number of carbonyl (C=O) groups is 1. The summed E-state index contributed by atoms with van der Waals surface area (Å²) < 4.78 is 37.9. The minimum Gasteiger partial charge on any atom is -0.388 e. The molecule has 0 aromatic heterocycles.